The van der Waals surface area contributed by atoms with Crippen molar-refractivity contribution in [2.45, 2.75) is 24.5 Å². The van der Waals surface area contributed by atoms with E-state index in [1.807, 2.05) is 0 Å². The molecule has 1 aliphatic heterocycles. The third-order valence-corrected chi connectivity index (χ3v) is 2.97. The number of nitrogens with zero attached hydrogens (tertiary/aromatic N) is 2. The third-order valence-electron chi connectivity index (χ3n) is 2.97. The van der Waals surface area contributed by atoms with E-state index in [9.17, 15) is 14.3 Å². The van der Waals surface area contributed by atoms with Crippen LogP contribution in [0.4, 0.5) is 10.2 Å². The molecule has 0 spiro atoms. The molecule has 0 aliphatic carbocycles. The molecule has 1 aromatic rings. The predicted molar refractivity (Wildman–Crippen MR) is 60.7 cm³/mol. The second-order valence-electron chi connectivity index (χ2n) is 4.10. The van der Waals surface area contributed by atoms with Crippen LogP contribution in [0, 0.1) is 5.82 Å². The zero-order valence-corrected chi connectivity index (χ0v) is 10.1. The fraction of sp³-hybridized carbons (Fsp3) is 0.600. The molecule has 1 aromatic heterocycles. The number of hydrogen-bond acceptors (Lipinski definition) is 7. The zero-order valence-electron chi connectivity index (χ0n) is 10.1. The van der Waals surface area contributed by atoms with Crippen LogP contribution in [0.5, 0.6) is 0 Å². The van der Waals surface area contributed by atoms with Crippen LogP contribution in [0.15, 0.2) is 11.0 Å². The van der Waals surface area contributed by atoms with Crippen LogP contribution in [0.3, 0.4) is 0 Å². The predicted octanol–water partition coefficient (Wildman–Crippen LogP) is -1.77. The van der Waals surface area contributed by atoms with Gasteiger partial charge in [0.2, 0.25) is 0 Å². The average Bonchev–Trinajstić information content (AvgIpc) is 2.70. The Morgan fingerprint density at radius 2 is 2.37 bits per heavy atom. The second kappa shape index (κ2) is 5.21. The van der Waals surface area contributed by atoms with Crippen LogP contribution in [-0.2, 0) is 9.47 Å². The van der Waals surface area contributed by atoms with E-state index in [1.54, 1.807) is 0 Å². The van der Waals surface area contributed by atoms with Gasteiger partial charge in [0, 0.05) is 7.11 Å². The first-order valence-electron chi connectivity index (χ1n) is 5.51. The summed E-state index contributed by atoms with van der Waals surface area (Å²) in [7, 11) is 1.30. The van der Waals surface area contributed by atoms with Crippen LogP contribution in [-0.4, -0.2) is 51.8 Å². The zero-order chi connectivity index (χ0) is 14.2. The van der Waals surface area contributed by atoms with Gasteiger partial charge in [-0.25, -0.2) is 9.18 Å². The van der Waals surface area contributed by atoms with E-state index in [2.05, 4.69) is 4.98 Å². The Morgan fingerprint density at radius 3 is 2.95 bits per heavy atom. The van der Waals surface area contributed by atoms with Crippen molar-refractivity contribution in [2.75, 3.05) is 19.5 Å². The van der Waals surface area contributed by atoms with Crippen molar-refractivity contribution < 1.29 is 24.1 Å². The van der Waals surface area contributed by atoms with Crippen LogP contribution < -0.4 is 11.4 Å². The van der Waals surface area contributed by atoms with Gasteiger partial charge in [0.25, 0.3) is 0 Å². The highest BCUT2D eigenvalue weighted by Gasteiger charge is 2.45. The number of aliphatic hydroxyl groups excluding tert-OH is 2. The molecule has 0 radical (unpaired) electrons. The van der Waals surface area contributed by atoms with Crippen LogP contribution >= 0.6 is 0 Å². The van der Waals surface area contributed by atoms with E-state index in [0.717, 1.165) is 10.8 Å². The van der Waals surface area contributed by atoms with E-state index in [-0.39, 0.29) is 0 Å². The molecule has 0 bridgehead atoms. The van der Waals surface area contributed by atoms with E-state index < -0.39 is 48.5 Å². The summed E-state index contributed by atoms with van der Waals surface area (Å²) in [4.78, 5) is 15.0. The molecule has 1 fully saturated rings. The highest BCUT2D eigenvalue weighted by atomic mass is 19.1. The number of nitrogens with two attached hydrogens (primary N) is 1. The maximum absolute atomic E-state index is 13.4. The molecule has 0 saturated carbocycles. The number of rotatable bonds is 3. The fourth-order valence-electron chi connectivity index (χ4n) is 1.99. The maximum Gasteiger partial charge on any atom is 0.351 e. The van der Waals surface area contributed by atoms with Gasteiger partial charge in [-0.2, -0.15) is 4.98 Å². The molecular weight excluding hydrogens is 261 g/mol. The summed E-state index contributed by atoms with van der Waals surface area (Å²) in [5, 5.41) is 18.9. The van der Waals surface area contributed by atoms with E-state index in [1.165, 1.54) is 7.11 Å². The Labute approximate surface area is 107 Å². The van der Waals surface area contributed by atoms with E-state index in [0.29, 0.717) is 0 Å². The first-order chi connectivity index (χ1) is 8.99. The van der Waals surface area contributed by atoms with Crippen LogP contribution in [0.25, 0.3) is 0 Å². The monoisotopic (exact) mass is 275 g/mol. The molecule has 19 heavy (non-hydrogen) atoms. The highest BCUT2D eigenvalue weighted by molar-refractivity contribution is 5.26. The molecule has 1 aliphatic rings. The molecule has 0 amide bonds. The first-order valence-corrected chi connectivity index (χ1v) is 5.51. The molecule has 2 rings (SSSR count). The summed E-state index contributed by atoms with van der Waals surface area (Å²) in [5.41, 5.74) is 4.34. The van der Waals surface area contributed by atoms with Crippen molar-refractivity contribution in [3.8, 4) is 0 Å². The lowest BCUT2D eigenvalue weighted by Gasteiger charge is -2.20. The molecule has 1 saturated heterocycles. The Bertz CT molecular complexity index is 522. The number of ether oxygens (including phenoxy) is 2. The maximum atomic E-state index is 13.4. The number of methoxy groups -OCH3 is 1. The topological polar surface area (TPSA) is 120 Å². The number of anilines is 1. The molecule has 4 atom stereocenters. The van der Waals surface area contributed by atoms with Gasteiger partial charge >= 0.3 is 5.69 Å². The average molecular weight is 275 g/mol. The molecule has 0 unspecified atom stereocenters. The normalized spacial score (nSPS) is 30.7. The number of nitrogen functional groups attached to an aromatic ring is 1. The molecule has 106 valence electrons. The summed E-state index contributed by atoms with van der Waals surface area (Å²) in [6.45, 7) is -0.461. The number of hydrogen-bond donors (Lipinski definition) is 3. The van der Waals surface area contributed by atoms with E-state index in [4.69, 9.17) is 20.3 Å². The lowest BCUT2D eigenvalue weighted by atomic mass is 10.1. The second-order valence-corrected chi connectivity index (χ2v) is 4.10. The molecule has 8 nitrogen and oxygen atoms in total. The summed E-state index contributed by atoms with van der Waals surface area (Å²) in [6, 6.07) is 0. The highest BCUT2D eigenvalue weighted by Crippen LogP contribution is 2.30. The van der Waals surface area contributed by atoms with Gasteiger partial charge < -0.3 is 25.4 Å². The number of halogens is 1. The van der Waals surface area contributed by atoms with Crippen LogP contribution in [0.2, 0.25) is 0 Å². The summed E-state index contributed by atoms with van der Waals surface area (Å²) >= 11 is 0. The van der Waals surface area contributed by atoms with Gasteiger partial charge in [0.05, 0.1) is 12.8 Å². The smallest absolute Gasteiger partial charge is 0.351 e. The third kappa shape index (κ3) is 2.32. The Morgan fingerprint density at radius 1 is 1.68 bits per heavy atom. The van der Waals surface area contributed by atoms with Crippen LogP contribution in [0.1, 0.15) is 6.23 Å². The Hall–Kier alpha value is -1.55. The van der Waals surface area contributed by atoms with Gasteiger partial charge in [0.1, 0.15) is 18.3 Å². The van der Waals surface area contributed by atoms with Crippen molar-refractivity contribution in [3.05, 3.63) is 22.5 Å². The number of aromatic nitrogens is 2. The minimum Gasteiger partial charge on any atom is -0.394 e. The lowest BCUT2D eigenvalue weighted by molar-refractivity contribution is -0.0628. The van der Waals surface area contributed by atoms with Crippen molar-refractivity contribution in [3.63, 3.8) is 0 Å². The van der Waals surface area contributed by atoms with Crippen molar-refractivity contribution >= 4 is 5.82 Å². The standard InChI is InChI=1S/C10H14FN3O5/c1-18-7-6(16)5(3-15)19-9(7)14-2-4(11)8(12)13-10(14)17/h2,5-7,9,15-16H,3H2,1H3,(H2,12,13,17)/t5-,6-,7-,9-/m1/s1. The van der Waals surface area contributed by atoms with Crippen molar-refractivity contribution in [2.24, 2.45) is 0 Å². The van der Waals surface area contributed by atoms with Gasteiger partial charge in [0.15, 0.2) is 17.9 Å². The number of aliphatic hydroxyl groups is 2. The SMILES string of the molecule is CO[C@@H]1[C@H](O)[C@@H](CO)O[C@H]1n1cc(F)c(N)nc1=O. The molecule has 4 N–H and O–H groups in total. The Balaban J connectivity index is 2.41. The van der Waals surface area contributed by atoms with Gasteiger partial charge in [-0.3, -0.25) is 4.57 Å². The molecular formula is C10H14FN3O5. The molecule has 0 aromatic carbocycles. The minimum absolute atomic E-state index is 0.461. The summed E-state index contributed by atoms with van der Waals surface area (Å²) in [5.74, 6) is -1.41. The lowest BCUT2D eigenvalue weighted by Crippen LogP contribution is -2.37. The Kier molecular flexibility index (Phi) is 3.80. The molecule has 9 heteroatoms. The summed E-state index contributed by atoms with van der Waals surface area (Å²) in [6.07, 6.45) is -3.27. The van der Waals surface area contributed by atoms with Gasteiger partial charge in [-0.15, -0.1) is 0 Å². The van der Waals surface area contributed by atoms with Crippen molar-refractivity contribution in [1.82, 2.24) is 9.55 Å². The first kappa shape index (κ1) is 13.9. The van der Waals surface area contributed by atoms with Gasteiger partial charge in [-0.05, 0) is 0 Å². The van der Waals surface area contributed by atoms with E-state index >= 15 is 0 Å². The summed E-state index contributed by atoms with van der Waals surface area (Å²) < 4.78 is 24.5. The largest absolute Gasteiger partial charge is 0.394 e. The fourth-order valence-corrected chi connectivity index (χ4v) is 1.99. The van der Waals surface area contributed by atoms with Crippen molar-refractivity contribution in [1.29, 1.82) is 0 Å². The quantitative estimate of drug-likeness (QED) is 0.597. The van der Waals surface area contributed by atoms with Gasteiger partial charge in [-0.1, -0.05) is 0 Å². The minimum atomic E-state index is -1.15. The molecule has 2 heterocycles.